The van der Waals surface area contributed by atoms with Crippen molar-refractivity contribution >= 4 is 12.3 Å². The maximum absolute atomic E-state index is 11.5. The predicted molar refractivity (Wildman–Crippen MR) is 73.9 cm³/mol. The molecule has 118 valence electrons. The van der Waals surface area contributed by atoms with E-state index >= 15 is 0 Å². The second-order valence-electron chi connectivity index (χ2n) is 4.40. The van der Waals surface area contributed by atoms with Crippen LogP contribution in [0.4, 0.5) is 9.59 Å². The Morgan fingerprint density at radius 2 is 1.33 bits per heavy atom. The van der Waals surface area contributed by atoms with Gasteiger partial charge in [-0.1, -0.05) is 0 Å². The summed E-state index contributed by atoms with van der Waals surface area (Å²) in [4.78, 5) is 22.9. The Morgan fingerprint density at radius 1 is 0.952 bits per heavy atom. The zero-order valence-electron chi connectivity index (χ0n) is 12.9. The van der Waals surface area contributed by atoms with Crippen LogP contribution >= 0.6 is 0 Å². The molecule has 7 heteroatoms. The van der Waals surface area contributed by atoms with E-state index in [0.717, 1.165) is 0 Å². The molecule has 1 rings (SSSR count). The quantitative estimate of drug-likeness (QED) is 0.799. The van der Waals surface area contributed by atoms with Crippen LogP contribution in [-0.2, 0) is 18.9 Å². The van der Waals surface area contributed by atoms with Crippen molar-refractivity contribution < 1.29 is 28.5 Å². The first-order chi connectivity index (χ1) is 9.90. The average molecular weight is 299 g/mol. The fourth-order valence-corrected chi connectivity index (χ4v) is 1.98. The highest BCUT2D eigenvalue weighted by molar-refractivity contribution is 5.63. The van der Waals surface area contributed by atoms with E-state index in [-0.39, 0.29) is 13.2 Å². The molecule has 1 aliphatic heterocycles. The van der Waals surface area contributed by atoms with Crippen molar-refractivity contribution in [3.63, 3.8) is 0 Å². The third-order valence-electron chi connectivity index (χ3n) is 2.81. The van der Waals surface area contributed by atoms with E-state index in [1.807, 2.05) is 0 Å². The van der Waals surface area contributed by atoms with Crippen molar-refractivity contribution in [1.29, 1.82) is 0 Å². The monoisotopic (exact) mass is 299 g/mol. The molecular weight excluding hydrogens is 278 g/mol. The van der Waals surface area contributed by atoms with Gasteiger partial charge in [-0.3, -0.25) is 0 Å². The number of dihydropyridines is 1. The first-order valence-corrected chi connectivity index (χ1v) is 6.78. The molecule has 0 radical (unpaired) electrons. The average Bonchev–Trinajstić information content (AvgIpc) is 2.40. The summed E-state index contributed by atoms with van der Waals surface area (Å²) in [6.45, 7) is 9.08. The lowest BCUT2D eigenvalue weighted by Crippen LogP contribution is -2.29. The van der Waals surface area contributed by atoms with Gasteiger partial charge in [-0.25, -0.2) is 9.59 Å². The largest absolute Gasteiger partial charge is 0.513 e. The molecule has 1 heterocycles. The first kappa shape index (κ1) is 16.9. The van der Waals surface area contributed by atoms with Crippen LogP contribution in [-0.4, -0.2) is 25.5 Å². The van der Waals surface area contributed by atoms with E-state index in [0.29, 0.717) is 22.9 Å². The zero-order valence-corrected chi connectivity index (χ0v) is 12.9. The van der Waals surface area contributed by atoms with Crippen LogP contribution in [0.5, 0.6) is 0 Å². The molecule has 0 bridgehead atoms. The van der Waals surface area contributed by atoms with Crippen molar-refractivity contribution in [1.82, 2.24) is 5.32 Å². The summed E-state index contributed by atoms with van der Waals surface area (Å²) < 4.78 is 19.8. The molecule has 21 heavy (non-hydrogen) atoms. The molecule has 1 aliphatic rings. The van der Waals surface area contributed by atoms with Gasteiger partial charge in [-0.2, -0.15) is 0 Å². The molecule has 0 saturated heterocycles. The van der Waals surface area contributed by atoms with Gasteiger partial charge in [-0.05, 0) is 34.6 Å². The number of hydrogen-bond acceptors (Lipinski definition) is 7. The Balaban J connectivity index is 2.86. The lowest BCUT2D eigenvalue weighted by molar-refractivity contribution is 0.0600. The summed E-state index contributed by atoms with van der Waals surface area (Å²) in [5, 5.41) is 3.00. The highest BCUT2D eigenvalue weighted by Gasteiger charge is 2.30. The Kier molecular flexibility index (Phi) is 6.08. The van der Waals surface area contributed by atoms with Gasteiger partial charge in [0.15, 0.2) is 0 Å². The third-order valence-corrected chi connectivity index (χ3v) is 2.81. The summed E-state index contributed by atoms with van der Waals surface area (Å²) in [6.07, 6.45) is -1.59. The summed E-state index contributed by atoms with van der Waals surface area (Å²) in [7, 11) is 0. The van der Waals surface area contributed by atoms with E-state index in [1.54, 1.807) is 34.6 Å². The molecule has 0 aromatic heterocycles. The van der Waals surface area contributed by atoms with Crippen molar-refractivity contribution in [2.24, 2.45) is 5.92 Å². The van der Waals surface area contributed by atoms with Gasteiger partial charge in [0, 0.05) is 0 Å². The molecule has 0 saturated carbocycles. The molecule has 1 N–H and O–H groups in total. The van der Waals surface area contributed by atoms with E-state index in [2.05, 4.69) is 5.32 Å². The Hall–Kier alpha value is -2.18. The minimum Gasteiger partial charge on any atom is -0.434 e. The van der Waals surface area contributed by atoms with Crippen molar-refractivity contribution in [2.45, 2.75) is 34.6 Å². The number of hydrogen-bond donors (Lipinski definition) is 1. The summed E-state index contributed by atoms with van der Waals surface area (Å²) in [5.74, 6) is 0.275. The number of ether oxygens (including phenoxy) is 4. The van der Waals surface area contributed by atoms with Gasteiger partial charge in [0.1, 0.15) is 11.5 Å². The maximum atomic E-state index is 11.5. The number of carbonyl (C=O) groups excluding carboxylic acids is 2. The van der Waals surface area contributed by atoms with Crippen LogP contribution in [0.1, 0.15) is 34.6 Å². The second kappa shape index (κ2) is 7.56. The molecule has 0 aliphatic carbocycles. The SMILES string of the molecule is CCOC(=O)OC1=C(C)NC(C)=C(OC(=O)OCC)C1C. The number of nitrogens with one attached hydrogen (secondary N) is 1. The first-order valence-electron chi connectivity index (χ1n) is 6.78. The zero-order chi connectivity index (χ0) is 16.0. The topological polar surface area (TPSA) is 83.1 Å². The summed E-state index contributed by atoms with van der Waals surface area (Å²) >= 11 is 0. The standard InChI is InChI=1S/C14H21NO6/c1-6-18-13(16)20-11-8(3)12(10(5)15-9(11)4)21-14(17)19-7-2/h8,15H,6-7H2,1-5H3. The van der Waals surface area contributed by atoms with Crippen LogP contribution in [0.25, 0.3) is 0 Å². The van der Waals surface area contributed by atoms with Crippen LogP contribution < -0.4 is 5.32 Å². The molecule has 7 nitrogen and oxygen atoms in total. The van der Waals surface area contributed by atoms with Crippen LogP contribution in [0.3, 0.4) is 0 Å². The van der Waals surface area contributed by atoms with E-state index in [4.69, 9.17) is 18.9 Å². The van der Waals surface area contributed by atoms with Gasteiger partial charge in [0.05, 0.1) is 30.5 Å². The number of allylic oxidation sites excluding steroid dienone is 2. The molecule has 0 amide bonds. The number of rotatable bonds is 4. The second-order valence-corrected chi connectivity index (χ2v) is 4.40. The molecule has 0 unspecified atom stereocenters. The van der Waals surface area contributed by atoms with E-state index < -0.39 is 18.2 Å². The molecule has 0 spiro atoms. The van der Waals surface area contributed by atoms with Crippen LogP contribution in [0, 0.1) is 5.92 Å². The Bertz CT molecular complexity index is 438. The minimum absolute atomic E-state index is 0.216. The Labute approximate surface area is 123 Å². The molecule has 0 aromatic carbocycles. The van der Waals surface area contributed by atoms with Crippen molar-refractivity contribution in [3.8, 4) is 0 Å². The van der Waals surface area contributed by atoms with Crippen molar-refractivity contribution in [2.75, 3.05) is 13.2 Å². The van der Waals surface area contributed by atoms with Crippen molar-refractivity contribution in [3.05, 3.63) is 22.9 Å². The van der Waals surface area contributed by atoms with Crippen LogP contribution in [0.15, 0.2) is 22.9 Å². The fourth-order valence-electron chi connectivity index (χ4n) is 1.98. The van der Waals surface area contributed by atoms with Gasteiger partial charge >= 0.3 is 12.3 Å². The van der Waals surface area contributed by atoms with Gasteiger partial charge in [0.25, 0.3) is 0 Å². The third kappa shape index (κ3) is 4.40. The molecular formula is C14H21NO6. The minimum atomic E-state index is -0.796. The van der Waals surface area contributed by atoms with E-state index in [9.17, 15) is 9.59 Å². The Morgan fingerprint density at radius 3 is 1.67 bits per heavy atom. The summed E-state index contributed by atoms with van der Waals surface area (Å²) in [5.41, 5.74) is 1.31. The van der Waals surface area contributed by atoms with Gasteiger partial charge < -0.3 is 24.3 Å². The lowest BCUT2D eigenvalue weighted by Gasteiger charge is -2.27. The molecule has 0 fully saturated rings. The molecule has 0 aromatic rings. The van der Waals surface area contributed by atoms with Gasteiger partial charge in [0.2, 0.25) is 0 Å². The highest BCUT2D eigenvalue weighted by Crippen LogP contribution is 2.31. The summed E-state index contributed by atoms with van der Waals surface area (Å²) in [6, 6.07) is 0. The smallest absolute Gasteiger partial charge is 0.434 e. The predicted octanol–water partition coefficient (Wildman–Crippen LogP) is 3.03. The highest BCUT2D eigenvalue weighted by atomic mass is 16.7. The normalized spacial score (nSPS) is 15.5. The lowest BCUT2D eigenvalue weighted by atomic mass is 10.0. The van der Waals surface area contributed by atoms with Crippen LogP contribution in [0.2, 0.25) is 0 Å². The van der Waals surface area contributed by atoms with Gasteiger partial charge in [-0.15, -0.1) is 0 Å². The van der Waals surface area contributed by atoms with E-state index in [1.165, 1.54) is 0 Å². The number of carbonyl (C=O) groups is 2. The maximum Gasteiger partial charge on any atom is 0.513 e. The fraction of sp³-hybridized carbons (Fsp3) is 0.571. The molecule has 0 atom stereocenters.